The Morgan fingerprint density at radius 2 is 2.29 bits per heavy atom. The number of piperazine rings is 1. The Hall–Kier alpha value is -1.26. The number of ether oxygens (including phenoxy) is 1. The van der Waals surface area contributed by atoms with E-state index in [2.05, 4.69) is 10.6 Å². The molecule has 1 aliphatic heterocycles. The Kier molecular flexibility index (Phi) is 3.86. The lowest BCUT2D eigenvalue weighted by Gasteiger charge is -2.24. The van der Waals surface area contributed by atoms with Gasteiger partial charge in [0.15, 0.2) is 0 Å². The Bertz CT molecular complexity index is 423. The normalized spacial score (nSPS) is 19.9. The lowest BCUT2D eigenvalue weighted by atomic mass is 10.0. The SMILES string of the molecule is CCOc1ccc(C2NCCNC2=O)cc1Cl. The van der Waals surface area contributed by atoms with Gasteiger partial charge < -0.3 is 15.4 Å². The molecule has 17 heavy (non-hydrogen) atoms. The number of nitrogens with one attached hydrogen (secondary N) is 2. The fourth-order valence-corrected chi connectivity index (χ4v) is 2.08. The molecule has 0 bridgehead atoms. The highest BCUT2D eigenvalue weighted by atomic mass is 35.5. The van der Waals surface area contributed by atoms with Crippen LogP contribution < -0.4 is 15.4 Å². The van der Waals surface area contributed by atoms with E-state index in [9.17, 15) is 4.79 Å². The second kappa shape index (κ2) is 5.38. The topological polar surface area (TPSA) is 50.4 Å². The number of halogens is 1. The number of hydrogen-bond donors (Lipinski definition) is 2. The molecule has 1 aromatic carbocycles. The zero-order valence-electron chi connectivity index (χ0n) is 9.63. The van der Waals surface area contributed by atoms with Gasteiger partial charge in [0.2, 0.25) is 5.91 Å². The molecule has 2 rings (SSSR count). The van der Waals surface area contributed by atoms with E-state index in [1.165, 1.54) is 0 Å². The quantitative estimate of drug-likeness (QED) is 0.860. The molecule has 0 aliphatic carbocycles. The number of benzene rings is 1. The largest absolute Gasteiger partial charge is 0.492 e. The third-order valence-corrected chi connectivity index (χ3v) is 2.92. The van der Waals surface area contributed by atoms with Crippen molar-refractivity contribution in [2.75, 3.05) is 19.7 Å². The first-order valence-corrected chi connectivity index (χ1v) is 6.03. The highest BCUT2D eigenvalue weighted by Crippen LogP contribution is 2.28. The van der Waals surface area contributed by atoms with Gasteiger partial charge in [-0.2, -0.15) is 0 Å². The molecule has 4 nitrogen and oxygen atoms in total. The number of carbonyl (C=O) groups excluding carboxylic acids is 1. The molecular weight excluding hydrogens is 240 g/mol. The third kappa shape index (κ3) is 2.70. The van der Waals surface area contributed by atoms with Gasteiger partial charge in [-0.05, 0) is 24.6 Å². The third-order valence-electron chi connectivity index (χ3n) is 2.62. The van der Waals surface area contributed by atoms with Crippen molar-refractivity contribution in [1.29, 1.82) is 0 Å². The first-order valence-electron chi connectivity index (χ1n) is 5.65. The maximum absolute atomic E-state index is 11.7. The van der Waals surface area contributed by atoms with Gasteiger partial charge in [-0.3, -0.25) is 4.79 Å². The first-order chi connectivity index (χ1) is 8.22. The molecule has 1 fully saturated rings. The van der Waals surface area contributed by atoms with Crippen molar-refractivity contribution in [3.05, 3.63) is 28.8 Å². The Morgan fingerprint density at radius 1 is 1.47 bits per heavy atom. The molecule has 0 radical (unpaired) electrons. The summed E-state index contributed by atoms with van der Waals surface area (Å²) in [6.45, 7) is 3.91. The fourth-order valence-electron chi connectivity index (χ4n) is 1.84. The molecule has 5 heteroatoms. The predicted octanol–water partition coefficient (Wildman–Crippen LogP) is 1.50. The Labute approximate surface area is 105 Å². The van der Waals surface area contributed by atoms with E-state index in [1.54, 1.807) is 12.1 Å². The van der Waals surface area contributed by atoms with Crippen LogP contribution in [0.25, 0.3) is 0 Å². The van der Waals surface area contributed by atoms with E-state index in [0.29, 0.717) is 23.9 Å². The number of hydrogen-bond acceptors (Lipinski definition) is 3. The number of carbonyl (C=O) groups is 1. The van der Waals surface area contributed by atoms with Gasteiger partial charge in [-0.1, -0.05) is 17.7 Å². The second-order valence-electron chi connectivity index (χ2n) is 3.80. The van der Waals surface area contributed by atoms with Crippen LogP contribution >= 0.6 is 11.6 Å². The molecule has 0 aromatic heterocycles. The summed E-state index contributed by atoms with van der Waals surface area (Å²) >= 11 is 6.09. The summed E-state index contributed by atoms with van der Waals surface area (Å²) in [6.07, 6.45) is 0. The molecule has 1 atom stereocenters. The van der Waals surface area contributed by atoms with Crippen LogP contribution in [-0.4, -0.2) is 25.6 Å². The van der Waals surface area contributed by atoms with Gasteiger partial charge >= 0.3 is 0 Å². The average molecular weight is 255 g/mol. The molecule has 1 aliphatic rings. The summed E-state index contributed by atoms with van der Waals surface area (Å²) in [7, 11) is 0. The van der Waals surface area contributed by atoms with Crippen LogP contribution in [0, 0.1) is 0 Å². The van der Waals surface area contributed by atoms with E-state index in [-0.39, 0.29) is 11.9 Å². The molecule has 2 N–H and O–H groups in total. The zero-order chi connectivity index (χ0) is 12.3. The summed E-state index contributed by atoms with van der Waals surface area (Å²) in [5.41, 5.74) is 0.857. The second-order valence-corrected chi connectivity index (χ2v) is 4.21. The van der Waals surface area contributed by atoms with E-state index in [4.69, 9.17) is 16.3 Å². The van der Waals surface area contributed by atoms with Crippen molar-refractivity contribution in [3.63, 3.8) is 0 Å². The van der Waals surface area contributed by atoms with Crippen molar-refractivity contribution in [2.45, 2.75) is 13.0 Å². The van der Waals surface area contributed by atoms with Crippen LogP contribution in [0.15, 0.2) is 18.2 Å². The van der Waals surface area contributed by atoms with Gasteiger partial charge in [0.25, 0.3) is 0 Å². The number of rotatable bonds is 3. The summed E-state index contributed by atoms with van der Waals surface area (Å²) in [4.78, 5) is 11.7. The molecule has 1 amide bonds. The first kappa shape index (κ1) is 12.2. The molecule has 0 saturated carbocycles. The summed E-state index contributed by atoms with van der Waals surface area (Å²) in [6, 6.07) is 5.11. The standard InChI is InChI=1S/C12H15ClN2O2/c1-2-17-10-4-3-8(7-9(10)13)11-12(16)15-6-5-14-11/h3-4,7,11,14H,2,5-6H2,1H3,(H,15,16). The van der Waals surface area contributed by atoms with Crippen molar-refractivity contribution >= 4 is 17.5 Å². The van der Waals surface area contributed by atoms with Crippen LogP contribution in [-0.2, 0) is 4.79 Å². The highest BCUT2D eigenvalue weighted by molar-refractivity contribution is 6.32. The minimum atomic E-state index is -0.322. The van der Waals surface area contributed by atoms with Crippen molar-refractivity contribution in [2.24, 2.45) is 0 Å². The van der Waals surface area contributed by atoms with E-state index in [1.807, 2.05) is 13.0 Å². The van der Waals surface area contributed by atoms with Gasteiger partial charge in [0, 0.05) is 13.1 Å². The molecule has 1 aromatic rings. The summed E-state index contributed by atoms with van der Waals surface area (Å²) in [5, 5.41) is 6.50. The van der Waals surface area contributed by atoms with E-state index >= 15 is 0 Å². The van der Waals surface area contributed by atoms with Crippen LogP contribution in [0.1, 0.15) is 18.5 Å². The van der Waals surface area contributed by atoms with E-state index in [0.717, 1.165) is 12.1 Å². The van der Waals surface area contributed by atoms with Crippen molar-refractivity contribution in [3.8, 4) is 5.75 Å². The molecule has 92 valence electrons. The van der Waals surface area contributed by atoms with Crippen LogP contribution in [0.5, 0.6) is 5.75 Å². The molecular formula is C12H15ClN2O2. The van der Waals surface area contributed by atoms with E-state index < -0.39 is 0 Å². The average Bonchev–Trinajstić information content (AvgIpc) is 2.33. The molecule has 1 unspecified atom stereocenters. The van der Waals surface area contributed by atoms with Gasteiger partial charge in [0.1, 0.15) is 11.8 Å². The van der Waals surface area contributed by atoms with Crippen LogP contribution in [0.4, 0.5) is 0 Å². The highest BCUT2D eigenvalue weighted by Gasteiger charge is 2.23. The van der Waals surface area contributed by atoms with Gasteiger partial charge in [0.05, 0.1) is 11.6 Å². The van der Waals surface area contributed by atoms with Gasteiger partial charge in [-0.25, -0.2) is 0 Å². The number of amides is 1. The smallest absolute Gasteiger partial charge is 0.241 e. The van der Waals surface area contributed by atoms with Crippen LogP contribution in [0.3, 0.4) is 0 Å². The summed E-state index contributed by atoms with van der Waals surface area (Å²) < 4.78 is 5.35. The zero-order valence-corrected chi connectivity index (χ0v) is 10.4. The van der Waals surface area contributed by atoms with Crippen LogP contribution in [0.2, 0.25) is 5.02 Å². The predicted molar refractivity (Wildman–Crippen MR) is 66.4 cm³/mol. The molecule has 1 heterocycles. The summed E-state index contributed by atoms with van der Waals surface area (Å²) in [5.74, 6) is 0.630. The maximum Gasteiger partial charge on any atom is 0.241 e. The molecule has 1 saturated heterocycles. The minimum Gasteiger partial charge on any atom is -0.492 e. The van der Waals surface area contributed by atoms with Crippen molar-refractivity contribution < 1.29 is 9.53 Å². The lowest BCUT2D eigenvalue weighted by Crippen LogP contribution is -2.47. The van der Waals surface area contributed by atoms with Crippen molar-refractivity contribution in [1.82, 2.24) is 10.6 Å². The minimum absolute atomic E-state index is 0.0172. The monoisotopic (exact) mass is 254 g/mol. The Morgan fingerprint density at radius 3 is 2.94 bits per heavy atom. The fraction of sp³-hybridized carbons (Fsp3) is 0.417. The maximum atomic E-state index is 11.7. The Balaban J connectivity index is 2.21. The lowest BCUT2D eigenvalue weighted by molar-refractivity contribution is -0.124. The molecule has 0 spiro atoms. The van der Waals surface area contributed by atoms with Gasteiger partial charge in [-0.15, -0.1) is 0 Å².